The molecule has 2 rings (SSSR count). The van der Waals surface area contributed by atoms with Crippen molar-refractivity contribution < 1.29 is 14.3 Å². The number of morpholine rings is 1. The molecule has 1 aliphatic rings. The lowest BCUT2D eigenvalue weighted by Gasteiger charge is -2.22. The maximum Gasteiger partial charge on any atom is 0.251 e. The molecule has 1 aromatic carbocycles. The fourth-order valence-corrected chi connectivity index (χ4v) is 2.30. The molecule has 3 N–H and O–H groups in total. The van der Waals surface area contributed by atoms with Crippen LogP contribution in [-0.2, 0) is 16.1 Å². The van der Waals surface area contributed by atoms with Gasteiger partial charge in [-0.15, -0.1) is 12.4 Å². The summed E-state index contributed by atoms with van der Waals surface area (Å²) in [6, 6.07) is 7.00. The molecular formula is C17H26ClN3O3. The van der Waals surface area contributed by atoms with Crippen molar-refractivity contribution in [3.8, 4) is 0 Å². The Balaban J connectivity index is 0.00000288. The number of halogens is 1. The van der Waals surface area contributed by atoms with Crippen molar-refractivity contribution in [1.82, 2.24) is 16.0 Å². The van der Waals surface area contributed by atoms with E-state index in [4.69, 9.17) is 4.74 Å². The van der Waals surface area contributed by atoms with Gasteiger partial charge in [-0.3, -0.25) is 9.59 Å². The zero-order valence-corrected chi connectivity index (χ0v) is 14.8. The van der Waals surface area contributed by atoms with E-state index < -0.39 is 0 Å². The van der Waals surface area contributed by atoms with Crippen LogP contribution in [0.1, 0.15) is 35.7 Å². The molecule has 1 unspecified atom stereocenters. The Morgan fingerprint density at radius 1 is 1.25 bits per heavy atom. The van der Waals surface area contributed by atoms with Gasteiger partial charge in [0.15, 0.2) is 0 Å². The molecule has 0 spiro atoms. The van der Waals surface area contributed by atoms with Gasteiger partial charge >= 0.3 is 0 Å². The smallest absolute Gasteiger partial charge is 0.251 e. The molecule has 1 atom stereocenters. The van der Waals surface area contributed by atoms with Crippen LogP contribution in [0.3, 0.4) is 0 Å². The van der Waals surface area contributed by atoms with Crippen LogP contribution in [0.4, 0.5) is 0 Å². The zero-order chi connectivity index (χ0) is 16.5. The van der Waals surface area contributed by atoms with Crippen LogP contribution in [0, 0.1) is 0 Å². The van der Waals surface area contributed by atoms with Crippen LogP contribution in [0.5, 0.6) is 0 Å². The van der Waals surface area contributed by atoms with Crippen LogP contribution in [0.15, 0.2) is 24.3 Å². The van der Waals surface area contributed by atoms with E-state index in [0.29, 0.717) is 38.4 Å². The molecule has 0 saturated carbocycles. The zero-order valence-electron chi connectivity index (χ0n) is 14.0. The first-order valence-corrected chi connectivity index (χ1v) is 8.16. The minimum Gasteiger partial charge on any atom is -0.378 e. The number of carbonyl (C=O) groups is 2. The first-order chi connectivity index (χ1) is 11.2. The van der Waals surface area contributed by atoms with Crippen LogP contribution in [0.2, 0.25) is 0 Å². The highest BCUT2D eigenvalue weighted by atomic mass is 35.5. The first kappa shape index (κ1) is 20.4. The minimum atomic E-state index is -0.285. The molecule has 1 aliphatic heterocycles. The molecule has 6 nitrogen and oxygen atoms in total. The molecule has 0 aliphatic carbocycles. The van der Waals surface area contributed by atoms with Crippen molar-refractivity contribution in [2.24, 2.45) is 0 Å². The average Bonchev–Trinajstić information content (AvgIpc) is 2.61. The molecule has 2 amide bonds. The topological polar surface area (TPSA) is 79.5 Å². The third-order valence-corrected chi connectivity index (χ3v) is 3.74. The van der Waals surface area contributed by atoms with Crippen molar-refractivity contribution in [2.45, 2.75) is 32.4 Å². The van der Waals surface area contributed by atoms with Gasteiger partial charge in [-0.25, -0.2) is 0 Å². The van der Waals surface area contributed by atoms with E-state index in [1.165, 1.54) is 0 Å². The molecule has 7 heteroatoms. The summed E-state index contributed by atoms with van der Waals surface area (Å²) in [6.45, 7) is 4.97. The summed E-state index contributed by atoms with van der Waals surface area (Å²) in [5.41, 5.74) is 1.60. The Labute approximate surface area is 149 Å². The number of rotatable bonds is 7. The second-order valence-corrected chi connectivity index (χ2v) is 5.61. The summed E-state index contributed by atoms with van der Waals surface area (Å²) in [5.74, 6) is -0.122. The Bertz CT molecular complexity index is 516. The van der Waals surface area contributed by atoms with Crippen molar-refractivity contribution in [1.29, 1.82) is 0 Å². The van der Waals surface area contributed by atoms with Gasteiger partial charge < -0.3 is 20.7 Å². The number of nitrogens with one attached hydrogen (secondary N) is 3. The monoisotopic (exact) mass is 355 g/mol. The lowest BCUT2D eigenvalue weighted by atomic mass is 10.1. The maximum atomic E-state index is 12.0. The fraction of sp³-hybridized carbons (Fsp3) is 0.529. The summed E-state index contributed by atoms with van der Waals surface area (Å²) in [7, 11) is 0. The van der Waals surface area contributed by atoms with E-state index in [2.05, 4.69) is 22.9 Å². The predicted molar refractivity (Wildman–Crippen MR) is 95.4 cm³/mol. The van der Waals surface area contributed by atoms with Crippen molar-refractivity contribution in [3.05, 3.63) is 35.4 Å². The molecule has 134 valence electrons. The van der Waals surface area contributed by atoms with Crippen molar-refractivity contribution in [2.75, 3.05) is 26.3 Å². The van der Waals surface area contributed by atoms with Gasteiger partial charge in [0.25, 0.3) is 5.91 Å². The summed E-state index contributed by atoms with van der Waals surface area (Å²) in [4.78, 5) is 23.9. The highest BCUT2D eigenvalue weighted by molar-refractivity contribution is 5.94. The summed E-state index contributed by atoms with van der Waals surface area (Å²) in [6.07, 6.45) is 2.04. The lowest BCUT2D eigenvalue weighted by molar-refractivity contribution is -0.126. The van der Waals surface area contributed by atoms with Crippen LogP contribution in [-0.4, -0.2) is 44.2 Å². The van der Waals surface area contributed by atoms with Crippen LogP contribution < -0.4 is 16.0 Å². The summed E-state index contributed by atoms with van der Waals surface area (Å²) >= 11 is 0. The third-order valence-electron chi connectivity index (χ3n) is 3.74. The quantitative estimate of drug-likeness (QED) is 0.643. The van der Waals surface area contributed by atoms with E-state index in [1.807, 2.05) is 12.1 Å². The molecule has 1 saturated heterocycles. The molecule has 1 aromatic rings. The van der Waals surface area contributed by atoms with Gasteiger partial charge in [-0.05, 0) is 24.1 Å². The van der Waals surface area contributed by atoms with E-state index in [9.17, 15) is 9.59 Å². The number of ether oxygens (including phenoxy) is 1. The largest absolute Gasteiger partial charge is 0.378 e. The molecule has 1 heterocycles. The van der Waals surface area contributed by atoms with Crippen molar-refractivity contribution >= 4 is 24.2 Å². The SMILES string of the molecule is CCCCNC(=O)c1ccc(CNC(=O)C2COCCN2)cc1.Cl. The van der Waals surface area contributed by atoms with Gasteiger partial charge in [0, 0.05) is 25.2 Å². The third kappa shape index (κ3) is 6.47. The van der Waals surface area contributed by atoms with Crippen molar-refractivity contribution in [3.63, 3.8) is 0 Å². The Hall–Kier alpha value is -1.63. The standard InChI is InChI=1S/C17H25N3O3.ClH/c1-2-3-8-19-16(21)14-6-4-13(5-7-14)11-20-17(22)15-12-23-10-9-18-15;/h4-7,15,18H,2-3,8-12H2,1H3,(H,19,21)(H,20,22);1H. The second-order valence-electron chi connectivity index (χ2n) is 5.61. The highest BCUT2D eigenvalue weighted by Crippen LogP contribution is 2.05. The van der Waals surface area contributed by atoms with E-state index in [0.717, 1.165) is 18.4 Å². The number of hydrogen-bond donors (Lipinski definition) is 3. The molecule has 0 bridgehead atoms. The van der Waals surface area contributed by atoms with Gasteiger partial charge in [0.1, 0.15) is 6.04 Å². The maximum absolute atomic E-state index is 12.0. The number of hydrogen-bond acceptors (Lipinski definition) is 4. The number of carbonyl (C=O) groups excluding carboxylic acids is 2. The van der Waals surface area contributed by atoms with Crippen LogP contribution >= 0.6 is 12.4 Å². The van der Waals surface area contributed by atoms with E-state index in [-0.39, 0.29) is 30.3 Å². The molecule has 0 aromatic heterocycles. The minimum absolute atomic E-state index is 0. The van der Waals surface area contributed by atoms with Gasteiger partial charge in [-0.2, -0.15) is 0 Å². The summed E-state index contributed by atoms with van der Waals surface area (Å²) < 4.78 is 5.27. The van der Waals surface area contributed by atoms with E-state index >= 15 is 0 Å². The lowest BCUT2D eigenvalue weighted by Crippen LogP contribution is -2.51. The Kier molecular flexibility index (Phi) is 9.37. The summed E-state index contributed by atoms with van der Waals surface area (Å²) in [5, 5.41) is 8.87. The van der Waals surface area contributed by atoms with E-state index in [1.54, 1.807) is 12.1 Å². The molecule has 0 radical (unpaired) electrons. The number of unbranched alkanes of at least 4 members (excludes halogenated alkanes) is 1. The van der Waals surface area contributed by atoms with Gasteiger partial charge in [-0.1, -0.05) is 25.5 Å². The molecule has 24 heavy (non-hydrogen) atoms. The Morgan fingerprint density at radius 3 is 2.62 bits per heavy atom. The Morgan fingerprint density at radius 2 is 2.00 bits per heavy atom. The number of amides is 2. The van der Waals surface area contributed by atoms with Gasteiger partial charge in [0.05, 0.1) is 13.2 Å². The highest BCUT2D eigenvalue weighted by Gasteiger charge is 2.20. The first-order valence-electron chi connectivity index (χ1n) is 8.16. The molecular weight excluding hydrogens is 330 g/mol. The normalized spacial score (nSPS) is 16.8. The molecule has 1 fully saturated rings. The average molecular weight is 356 g/mol. The van der Waals surface area contributed by atoms with Crippen LogP contribution in [0.25, 0.3) is 0 Å². The van der Waals surface area contributed by atoms with Gasteiger partial charge in [0.2, 0.25) is 5.91 Å². The second kappa shape index (κ2) is 11.0. The number of benzene rings is 1. The predicted octanol–water partition coefficient (Wildman–Crippen LogP) is 1.24. The fourth-order valence-electron chi connectivity index (χ4n) is 2.30.